The molecule has 9 nitrogen and oxygen atoms in total. The van der Waals surface area contributed by atoms with Crippen molar-refractivity contribution in [2.75, 3.05) is 7.11 Å². The zero-order valence-corrected chi connectivity index (χ0v) is 15.0. The van der Waals surface area contributed by atoms with E-state index in [0.29, 0.717) is 0 Å². The minimum Gasteiger partial charge on any atom is -0.464 e. The molecule has 0 radical (unpaired) electrons. The topological polar surface area (TPSA) is 128 Å². The summed E-state index contributed by atoms with van der Waals surface area (Å²) < 4.78 is 4.58. The molecule has 28 heavy (non-hydrogen) atoms. The maximum Gasteiger partial charge on any atom is 0.354 e. The minimum absolute atomic E-state index is 0.0393. The Hall–Kier alpha value is -3.88. The number of Topliss-reactive ketones (excluding diaryl/α,β-unsaturated/α-hetero) is 1. The van der Waals surface area contributed by atoms with Gasteiger partial charge in [-0.05, 0) is 5.56 Å². The minimum atomic E-state index is -0.890. The van der Waals surface area contributed by atoms with Gasteiger partial charge in [-0.1, -0.05) is 42.5 Å². The monoisotopic (exact) mass is 383 g/mol. The Morgan fingerprint density at radius 2 is 1.82 bits per heavy atom. The number of benzene rings is 2. The van der Waals surface area contributed by atoms with E-state index in [1.165, 1.54) is 18.2 Å². The van der Waals surface area contributed by atoms with Gasteiger partial charge in [0.25, 0.3) is 5.69 Å². The summed E-state index contributed by atoms with van der Waals surface area (Å²) in [7, 11) is 1.11. The predicted octanol–water partition coefficient (Wildman–Crippen LogP) is 2.06. The number of hydrogen-bond donors (Lipinski definition) is 1. The Morgan fingerprint density at radius 3 is 2.46 bits per heavy atom. The highest BCUT2D eigenvalue weighted by Crippen LogP contribution is 2.15. The maximum atomic E-state index is 12.4. The number of hydrogen-bond acceptors (Lipinski definition) is 7. The van der Waals surface area contributed by atoms with Gasteiger partial charge in [-0.25, -0.2) is 10.2 Å². The molecule has 144 valence electrons. The number of carbonyl (C=O) groups excluding carboxylic acids is 3. The van der Waals surface area contributed by atoms with Crippen LogP contribution in [0, 0.1) is 10.1 Å². The van der Waals surface area contributed by atoms with Crippen molar-refractivity contribution in [3.8, 4) is 0 Å². The van der Waals surface area contributed by atoms with Crippen LogP contribution in [0.15, 0.2) is 59.7 Å². The molecule has 0 saturated carbocycles. The number of hydrazone groups is 1. The highest BCUT2D eigenvalue weighted by atomic mass is 16.6. The summed E-state index contributed by atoms with van der Waals surface area (Å²) in [5.74, 6) is -1.95. The number of methoxy groups -OCH3 is 1. The molecule has 0 aliphatic rings. The SMILES string of the molecule is COC(=O)/C(CC(=O)c1cccc([N+](=O)[O-])c1)=N\NC(=O)Cc1ccccc1. The lowest BCUT2D eigenvalue weighted by atomic mass is 10.1. The third-order valence-electron chi connectivity index (χ3n) is 3.65. The Kier molecular flexibility index (Phi) is 7.09. The van der Waals surface area contributed by atoms with E-state index >= 15 is 0 Å². The van der Waals surface area contributed by atoms with Crippen LogP contribution < -0.4 is 5.43 Å². The molecular formula is C19H17N3O6. The van der Waals surface area contributed by atoms with Crippen LogP contribution in [-0.2, 0) is 20.7 Å². The Morgan fingerprint density at radius 1 is 1.11 bits per heavy atom. The van der Waals surface area contributed by atoms with Gasteiger partial charge in [-0.15, -0.1) is 0 Å². The van der Waals surface area contributed by atoms with Gasteiger partial charge in [0, 0.05) is 17.7 Å². The third kappa shape index (κ3) is 5.84. The van der Waals surface area contributed by atoms with Crippen molar-refractivity contribution in [1.29, 1.82) is 0 Å². The fourth-order valence-electron chi connectivity index (χ4n) is 2.27. The second-order valence-electron chi connectivity index (χ2n) is 5.65. The van der Waals surface area contributed by atoms with E-state index in [2.05, 4.69) is 15.3 Å². The number of ether oxygens (including phenoxy) is 1. The summed E-state index contributed by atoms with van der Waals surface area (Å²) in [6.45, 7) is 0. The van der Waals surface area contributed by atoms with Crippen molar-refractivity contribution in [1.82, 2.24) is 5.43 Å². The lowest BCUT2D eigenvalue weighted by Crippen LogP contribution is -2.27. The standard InChI is InChI=1S/C19H17N3O6/c1-28-19(25)16(20-21-18(24)10-13-6-3-2-4-7-13)12-17(23)14-8-5-9-15(11-14)22(26)27/h2-9,11H,10,12H2,1H3,(H,21,24)/b20-16-. The molecule has 0 aromatic heterocycles. The molecule has 0 heterocycles. The number of nitrogens with zero attached hydrogens (tertiary/aromatic N) is 2. The lowest BCUT2D eigenvalue weighted by Gasteiger charge is -2.06. The lowest BCUT2D eigenvalue weighted by molar-refractivity contribution is -0.384. The molecule has 0 atom stereocenters. The predicted molar refractivity (Wildman–Crippen MR) is 99.8 cm³/mol. The van der Waals surface area contributed by atoms with Gasteiger partial charge in [0.2, 0.25) is 5.91 Å². The van der Waals surface area contributed by atoms with Gasteiger partial charge >= 0.3 is 5.97 Å². The van der Waals surface area contributed by atoms with E-state index in [1.807, 2.05) is 6.07 Å². The normalized spacial score (nSPS) is 10.8. The van der Waals surface area contributed by atoms with Crippen molar-refractivity contribution in [2.45, 2.75) is 12.8 Å². The highest BCUT2D eigenvalue weighted by molar-refractivity contribution is 6.40. The summed E-state index contributed by atoms with van der Waals surface area (Å²) in [4.78, 5) is 46.4. The van der Waals surface area contributed by atoms with E-state index in [1.54, 1.807) is 24.3 Å². The van der Waals surface area contributed by atoms with Gasteiger partial charge in [0.15, 0.2) is 11.5 Å². The number of rotatable bonds is 8. The van der Waals surface area contributed by atoms with Gasteiger partial charge < -0.3 is 4.74 Å². The number of amides is 1. The van der Waals surface area contributed by atoms with Crippen LogP contribution in [0.2, 0.25) is 0 Å². The second kappa shape index (κ2) is 9.72. The van der Waals surface area contributed by atoms with Crippen molar-refractivity contribution in [3.05, 3.63) is 75.8 Å². The van der Waals surface area contributed by atoms with E-state index in [0.717, 1.165) is 18.7 Å². The number of esters is 1. The van der Waals surface area contributed by atoms with Gasteiger partial charge in [-0.2, -0.15) is 5.10 Å². The smallest absolute Gasteiger partial charge is 0.354 e. The zero-order chi connectivity index (χ0) is 20.5. The number of non-ortho nitro benzene ring substituents is 1. The van der Waals surface area contributed by atoms with Crippen molar-refractivity contribution in [2.24, 2.45) is 5.10 Å². The van der Waals surface area contributed by atoms with Crippen molar-refractivity contribution in [3.63, 3.8) is 0 Å². The highest BCUT2D eigenvalue weighted by Gasteiger charge is 2.20. The van der Waals surface area contributed by atoms with Crippen molar-refractivity contribution >= 4 is 29.1 Å². The summed E-state index contributed by atoms with van der Waals surface area (Å²) in [5.41, 5.74) is 2.45. The summed E-state index contributed by atoms with van der Waals surface area (Å²) in [6, 6.07) is 14.0. The van der Waals surface area contributed by atoms with Crippen LogP contribution in [0.3, 0.4) is 0 Å². The van der Waals surface area contributed by atoms with Crippen LogP contribution in [-0.4, -0.2) is 35.4 Å². The molecule has 1 N–H and O–H groups in total. The van der Waals surface area contributed by atoms with E-state index in [-0.39, 0.29) is 23.4 Å². The van der Waals surface area contributed by atoms with E-state index in [9.17, 15) is 24.5 Å². The Bertz CT molecular complexity index is 924. The molecule has 0 bridgehead atoms. The molecule has 0 fully saturated rings. The van der Waals surface area contributed by atoms with Crippen LogP contribution in [0.4, 0.5) is 5.69 Å². The first-order chi connectivity index (χ1) is 13.4. The van der Waals surface area contributed by atoms with Crippen LogP contribution in [0.25, 0.3) is 0 Å². The average Bonchev–Trinajstić information content (AvgIpc) is 2.71. The third-order valence-corrected chi connectivity index (χ3v) is 3.65. The fourth-order valence-corrected chi connectivity index (χ4v) is 2.27. The molecule has 9 heteroatoms. The summed E-state index contributed by atoms with van der Waals surface area (Å²) in [5, 5.41) is 14.5. The molecule has 0 saturated heterocycles. The average molecular weight is 383 g/mol. The number of nitrogens with one attached hydrogen (secondary N) is 1. The van der Waals surface area contributed by atoms with Gasteiger partial charge in [0.05, 0.1) is 24.9 Å². The Labute approximate surface area is 160 Å². The molecule has 2 rings (SSSR count). The van der Waals surface area contributed by atoms with Gasteiger partial charge in [0.1, 0.15) is 0 Å². The number of nitro groups is 1. The fraction of sp³-hybridized carbons (Fsp3) is 0.158. The van der Waals surface area contributed by atoms with Crippen LogP contribution in [0.5, 0.6) is 0 Å². The summed E-state index contributed by atoms with van der Waals surface area (Å²) >= 11 is 0. The van der Waals surface area contributed by atoms with E-state index in [4.69, 9.17) is 0 Å². The molecule has 2 aromatic carbocycles. The van der Waals surface area contributed by atoms with Gasteiger partial charge in [-0.3, -0.25) is 19.7 Å². The number of nitro benzene ring substituents is 1. The molecular weight excluding hydrogens is 366 g/mol. The molecule has 2 aromatic rings. The first-order valence-corrected chi connectivity index (χ1v) is 8.16. The second-order valence-corrected chi connectivity index (χ2v) is 5.65. The number of carbonyl (C=O) groups is 3. The summed E-state index contributed by atoms with van der Waals surface area (Å²) in [6.07, 6.45) is -0.447. The van der Waals surface area contributed by atoms with Crippen LogP contribution >= 0.6 is 0 Å². The molecule has 0 unspecified atom stereocenters. The largest absolute Gasteiger partial charge is 0.464 e. The first kappa shape index (κ1) is 20.4. The molecule has 0 spiro atoms. The number of ketones is 1. The first-order valence-electron chi connectivity index (χ1n) is 8.16. The maximum absolute atomic E-state index is 12.4. The quantitative estimate of drug-likeness (QED) is 0.244. The molecule has 1 amide bonds. The van der Waals surface area contributed by atoms with E-state index < -0.39 is 29.0 Å². The molecule has 0 aliphatic heterocycles. The van der Waals surface area contributed by atoms with Crippen LogP contribution in [0.1, 0.15) is 22.3 Å². The van der Waals surface area contributed by atoms with Crippen molar-refractivity contribution < 1.29 is 24.0 Å². The Balaban J connectivity index is 2.10. The zero-order valence-electron chi connectivity index (χ0n) is 15.0. The molecule has 0 aliphatic carbocycles.